The summed E-state index contributed by atoms with van der Waals surface area (Å²) in [5.74, 6) is -0.00654. The molecule has 1 saturated heterocycles. The molecule has 7 heteroatoms. The topological polar surface area (TPSA) is 57.5 Å². The van der Waals surface area contributed by atoms with Crippen LogP contribution in [0.15, 0.2) is 28.9 Å². The van der Waals surface area contributed by atoms with E-state index < -0.39 is 0 Å². The van der Waals surface area contributed by atoms with E-state index in [4.69, 9.17) is 4.42 Å². The Labute approximate surface area is 155 Å². The first-order valence-corrected chi connectivity index (χ1v) is 8.04. The number of carbonyl (C=O) groups excluding carboxylic acids is 1. The minimum absolute atomic E-state index is 0. The quantitative estimate of drug-likeness (QED) is 0.790. The first kappa shape index (κ1) is 20.6. The Hall–Kier alpha value is -1.43. The predicted octanol–water partition coefficient (Wildman–Crippen LogP) is 3.22. The number of unbranched alkanes of at least 4 members (excludes halogenated alkanes) is 1. The van der Waals surface area contributed by atoms with Crippen molar-refractivity contribution >= 4 is 47.4 Å². The number of benzene rings is 1. The molecule has 0 spiro atoms. The summed E-state index contributed by atoms with van der Waals surface area (Å²) in [6.45, 7) is 6.60. The van der Waals surface area contributed by atoms with Gasteiger partial charge in [0, 0.05) is 43.7 Å². The second-order valence-electron chi connectivity index (χ2n) is 5.68. The van der Waals surface area contributed by atoms with E-state index in [1.807, 2.05) is 18.2 Å². The van der Waals surface area contributed by atoms with Crippen LogP contribution in [0.5, 0.6) is 0 Å². The molecule has 0 bridgehead atoms. The summed E-state index contributed by atoms with van der Waals surface area (Å²) in [6, 6.07) is 5.79. The fraction of sp³-hybridized carbons (Fsp3) is 0.471. The first-order chi connectivity index (χ1) is 10.8. The summed E-state index contributed by atoms with van der Waals surface area (Å²) in [6.07, 6.45) is 3.77. The van der Waals surface area contributed by atoms with Gasteiger partial charge < -0.3 is 20.0 Å². The monoisotopic (exact) mass is 373 g/mol. The average Bonchev–Trinajstić information content (AvgIpc) is 3.03. The van der Waals surface area contributed by atoms with Gasteiger partial charge in [-0.3, -0.25) is 4.79 Å². The zero-order valence-electron chi connectivity index (χ0n) is 13.8. The number of anilines is 1. The highest BCUT2D eigenvalue weighted by Crippen LogP contribution is 2.30. The number of hydrogen-bond donors (Lipinski definition) is 2. The molecule has 1 aliphatic rings. The van der Waals surface area contributed by atoms with Crippen molar-refractivity contribution < 1.29 is 9.21 Å². The van der Waals surface area contributed by atoms with E-state index in [-0.39, 0.29) is 30.7 Å². The number of fused-ring (bicyclic) bond motifs is 1. The molecule has 1 amide bonds. The number of carbonyl (C=O) groups is 1. The van der Waals surface area contributed by atoms with Crippen LogP contribution < -0.4 is 15.5 Å². The van der Waals surface area contributed by atoms with Crippen molar-refractivity contribution in [2.45, 2.75) is 19.8 Å². The molecule has 0 unspecified atom stereocenters. The lowest BCUT2D eigenvalue weighted by molar-refractivity contribution is 0.0953. The molecule has 2 aromatic rings. The molecule has 0 atom stereocenters. The lowest BCUT2D eigenvalue weighted by Crippen LogP contribution is -2.43. The number of halogens is 2. The third-order valence-corrected chi connectivity index (χ3v) is 4.07. The van der Waals surface area contributed by atoms with Crippen molar-refractivity contribution in [3.05, 3.63) is 30.0 Å². The highest BCUT2D eigenvalue weighted by Gasteiger charge is 2.18. The molecule has 5 nitrogen and oxygen atoms in total. The molecular weight excluding hydrogens is 349 g/mol. The van der Waals surface area contributed by atoms with Crippen LogP contribution in [0.1, 0.15) is 30.1 Å². The Kier molecular flexibility index (Phi) is 8.39. The van der Waals surface area contributed by atoms with Crippen molar-refractivity contribution in [2.24, 2.45) is 0 Å². The van der Waals surface area contributed by atoms with E-state index in [9.17, 15) is 4.79 Å². The van der Waals surface area contributed by atoms with Crippen LogP contribution in [0.25, 0.3) is 11.0 Å². The van der Waals surface area contributed by atoms with Gasteiger partial charge in [0.1, 0.15) is 0 Å². The third-order valence-electron chi connectivity index (χ3n) is 4.07. The van der Waals surface area contributed by atoms with Gasteiger partial charge in [0.15, 0.2) is 5.58 Å². The van der Waals surface area contributed by atoms with Gasteiger partial charge in [-0.1, -0.05) is 13.3 Å². The number of amides is 1. The van der Waals surface area contributed by atoms with E-state index in [2.05, 4.69) is 22.5 Å². The molecule has 1 fully saturated rings. The highest BCUT2D eigenvalue weighted by atomic mass is 35.5. The van der Waals surface area contributed by atoms with Gasteiger partial charge in [0.05, 0.1) is 12.0 Å². The second kappa shape index (κ2) is 9.77. The van der Waals surface area contributed by atoms with E-state index >= 15 is 0 Å². The molecule has 1 aliphatic heterocycles. The Morgan fingerprint density at radius 1 is 1.29 bits per heavy atom. The number of piperazine rings is 1. The largest absolute Gasteiger partial charge is 0.462 e. The van der Waals surface area contributed by atoms with Crippen molar-refractivity contribution in [3.63, 3.8) is 0 Å². The van der Waals surface area contributed by atoms with Gasteiger partial charge >= 0.3 is 0 Å². The molecule has 0 saturated carbocycles. The first-order valence-electron chi connectivity index (χ1n) is 8.04. The number of hydrogen-bond acceptors (Lipinski definition) is 4. The fourth-order valence-corrected chi connectivity index (χ4v) is 2.82. The number of furan rings is 1. The Morgan fingerprint density at radius 2 is 2.04 bits per heavy atom. The zero-order valence-corrected chi connectivity index (χ0v) is 15.5. The SMILES string of the molecule is CCCCNC(=O)c1cc(N2CCNCC2)c2occc2c1.Cl.Cl. The van der Waals surface area contributed by atoms with Gasteiger partial charge in [-0.05, 0) is 24.6 Å². The summed E-state index contributed by atoms with van der Waals surface area (Å²) in [4.78, 5) is 14.6. The van der Waals surface area contributed by atoms with E-state index in [0.29, 0.717) is 5.56 Å². The predicted molar refractivity (Wildman–Crippen MR) is 103 cm³/mol. The van der Waals surface area contributed by atoms with Crippen LogP contribution >= 0.6 is 24.8 Å². The van der Waals surface area contributed by atoms with Crippen LogP contribution in [-0.2, 0) is 0 Å². The number of nitrogens with zero attached hydrogens (tertiary/aromatic N) is 1. The normalized spacial score (nSPS) is 14.0. The van der Waals surface area contributed by atoms with Gasteiger partial charge in [-0.25, -0.2) is 0 Å². The van der Waals surface area contributed by atoms with Crippen LogP contribution in [-0.4, -0.2) is 38.6 Å². The van der Waals surface area contributed by atoms with Crippen molar-refractivity contribution in [3.8, 4) is 0 Å². The number of rotatable bonds is 5. The molecular formula is C17H25Cl2N3O2. The van der Waals surface area contributed by atoms with Gasteiger partial charge in [-0.2, -0.15) is 0 Å². The maximum absolute atomic E-state index is 12.3. The van der Waals surface area contributed by atoms with Gasteiger partial charge in [0.25, 0.3) is 5.91 Å². The summed E-state index contributed by atoms with van der Waals surface area (Å²) in [5, 5.41) is 7.32. The van der Waals surface area contributed by atoms with Gasteiger partial charge in [-0.15, -0.1) is 24.8 Å². The van der Waals surface area contributed by atoms with E-state index in [0.717, 1.165) is 62.2 Å². The summed E-state index contributed by atoms with van der Waals surface area (Å²) in [5.41, 5.74) is 2.59. The average molecular weight is 374 g/mol. The molecule has 1 aromatic heterocycles. The van der Waals surface area contributed by atoms with Gasteiger partial charge in [0.2, 0.25) is 0 Å². The third kappa shape index (κ3) is 4.56. The van der Waals surface area contributed by atoms with Crippen molar-refractivity contribution in [2.75, 3.05) is 37.6 Å². The van der Waals surface area contributed by atoms with Crippen LogP contribution in [0.3, 0.4) is 0 Å². The Morgan fingerprint density at radius 3 is 2.75 bits per heavy atom. The molecule has 0 aliphatic carbocycles. The minimum Gasteiger partial charge on any atom is -0.462 e. The molecule has 0 radical (unpaired) electrons. The van der Waals surface area contributed by atoms with Crippen LogP contribution in [0.4, 0.5) is 5.69 Å². The van der Waals surface area contributed by atoms with Crippen LogP contribution in [0.2, 0.25) is 0 Å². The maximum atomic E-state index is 12.3. The summed E-state index contributed by atoms with van der Waals surface area (Å²) in [7, 11) is 0. The maximum Gasteiger partial charge on any atom is 0.251 e. The molecule has 2 heterocycles. The molecule has 3 rings (SSSR count). The van der Waals surface area contributed by atoms with Crippen molar-refractivity contribution in [1.82, 2.24) is 10.6 Å². The zero-order chi connectivity index (χ0) is 15.4. The second-order valence-corrected chi connectivity index (χ2v) is 5.68. The molecule has 2 N–H and O–H groups in total. The fourth-order valence-electron chi connectivity index (χ4n) is 2.82. The minimum atomic E-state index is -0.00654. The smallest absolute Gasteiger partial charge is 0.251 e. The molecule has 134 valence electrons. The lowest BCUT2D eigenvalue weighted by Gasteiger charge is -2.29. The molecule has 24 heavy (non-hydrogen) atoms. The van der Waals surface area contributed by atoms with Crippen LogP contribution in [0, 0.1) is 0 Å². The standard InChI is InChI=1S/C17H23N3O2.2ClH/c1-2-3-5-19-17(21)14-11-13-4-10-22-16(13)15(12-14)20-8-6-18-7-9-20;;/h4,10-12,18H,2-3,5-9H2,1H3,(H,19,21);2*1H. The molecule has 1 aromatic carbocycles. The van der Waals surface area contributed by atoms with E-state index in [1.54, 1.807) is 6.26 Å². The summed E-state index contributed by atoms with van der Waals surface area (Å²) >= 11 is 0. The lowest BCUT2D eigenvalue weighted by atomic mass is 10.1. The highest BCUT2D eigenvalue weighted by molar-refractivity contribution is 6.02. The summed E-state index contributed by atoms with van der Waals surface area (Å²) < 4.78 is 5.64. The Balaban J connectivity index is 0.00000144. The van der Waals surface area contributed by atoms with E-state index in [1.165, 1.54) is 0 Å². The number of nitrogens with one attached hydrogen (secondary N) is 2. The Bertz CT molecular complexity index is 654. The van der Waals surface area contributed by atoms with Crippen molar-refractivity contribution in [1.29, 1.82) is 0 Å².